The number of hydrogen-bond acceptors (Lipinski definition) is 5. The molecular weight excluding hydrogens is 356 g/mol. The largest absolute Gasteiger partial charge is 0.496 e. The Morgan fingerprint density at radius 3 is 2.92 bits per heavy atom. The minimum Gasteiger partial charge on any atom is -0.496 e. The van der Waals surface area contributed by atoms with Crippen molar-refractivity contribution in [1.82, 2.24) is 19.7 Å². The van der Waals surface area contributed by atoms with Crippen molar-refractivity contribution >= 4 is 23.4 Å². The summed E-state index contributed by atoms with van der Waals surface area (Å²) in [5, 5.41) is 10.1. The summed E-state index contributed by atoms with van der Waals surface area (Å²) in [6.45, 7) is 4.45. The third-order valence-corrected chi connectivity index (χ3v) is 4.80. The number of nitrogens with zero attached hydrogens (tertiary/aromatic N) is 4. The maximum Gasteiger partial charge on any atom is 0.192 e. The number of aromatic nitrogens is 4. The number of halogens is 1. The van der Waals surface area contributed by atoms with Crippen LogP contribution in [-0.2, 0) is 12.3 Å². The van der Waals surface area contributed by atoms with Crippen molar-refractivity contribution < 1.29 is 4.74 Å². The Balaban J connectivity index is 1.87. The van der Waals surface area contributed by atoms with Crippen LogP contribution in [-0.4, -0.2) is 26.9 Å². The lowest BCUT2D eigenvalue weighted by Crippen LogP contribution is -2.01. The number of methoxy groups -OCH3 is 1. The van der Waals surface area contributed by atoms with Gasteiger partial charge in [-0.1, -0.05) is 29.4 Å². The highest BCUT2D eigenvalue weighted by Gasteiger charge is 2.14. The van der Waals surface area contributed by atoms with Gasteiger partial charge in [0.2, 0.25) is 0 Å². The van der Waals surface area contributed by atoms with E-state index in [4.69, 9.17) is 16.3 Å². The molecule has 0 aliphatic heterocycles. The number of thioether (sulfide) groups is 1. The van der Waals surface area contributed by atoms with Crippen LogP contribution in [0, 0.1) is 0 Å². The smallest absolute Gasteiger partial charge is 0.192 e. The minimum absolute atomic E-state index is 0.617. The predicted octanol–water partition coefficient (Wildman–Crippen LogP) is 4.48. The second kappa shape index (κ2) is 8.18. The van der Waals surface area contributed by atoms with Gasteiger partial charge in [0.15, 0.2) is 11.0 Å². The summed E-state index contributed by atoms with van der Waals surface area (Å²) in [6, 6.07) is 9.43. The number of ether oxygens (including phenoxy) is 1. The first-order valence-corrected chi connectivity index (χ1v) is 8.99. The molecule has 3 aromatic rings. The number of rotatable bonds is 7. The average molecular weight is 373 g/mol. The topological polar surface area (TPSA) is 52.8 Å². The van der Waals surface area contributed by atoms with E-state index in [1.54, 1.807) is 31.3 Å². The molecule has 2 heterocycles. The summed E-state index contributed by atoms with van der Waals surface area (Å²) in [4.78, 5) is 4.15. The quantitative estimate of drug-likeness (QED) is 0.452. The molecule has 2 aromatic heterocycles. The van der Waals surface area contributed by atoms with Gasteiger partial charge in [-0.05, 0) is 30.3 Å². The van der Waals surface area contributed by atoms with Gasteiger partial charge in [-0.3, -0.25) is 9.55 Å². The Kier molecular flexibility index (Phi) is 5.73. The Morgan fingerprint density at radius 2 is 2.20 bits per heavy atom. The van der Waals surface area contributed by atoms with Crippen molar-refractivity contribution in [2.24, 2.45) is 0 Å². The molecule has 0 unspecified atom stereocenters. The fraction of sp³-hybridized carbons (Fsp3) is 0.167. The van der Waals surface area contributed by atoms with E-state index in [0.29, 0.717) is 17.3 Å². The monoisotopic (exact) mass is 372 g/mol. The number of pyridine rings is 1. The molecular formula is C18H17ClN4OS. The Morgan fingerprint density at radius 1 is 1.32 bits per heavy atom. The summed E-state index contributed by atoms with van der Waals surface area (Å²) >= 11 is 7.68. The van der Waals surface area contributed by atoms with Crippen LogP contribution in [0.5, 0.6) is 5.75 Å². The van der Waals surface area contributed by atoms with E-state index in [-0.39, 0.29) is 0 Å². The maximum absolute atomic E-state index is 6.10. The summed E-state index contributed by atoms with van der Waals surface area (Å²) in [5.74, 6) is 2.25. The lowest BCUT2D eigenvalue weighted by Gasteiger charge is -2.10. The second-order valence-corrected chi connectivity index (χ2v) is 6.57. The van der Waals surface area contributed by atoms with Crippen LogP contribution < -0.4 is 4.74 Å². The normalized spacial score (nSPS) is 10.6. The van der Waals surface area contributed by atoms with Crippen LogP contribution in [0.4, 0.5) is 0 Å². The van der Waals surface area contributed by atoms with Crippen molar-refractivity contribution in [3.05, 3.63) is 66.0 Å². The first-order chi connectivity index (χ1) is 12.2. The standard InChI is InChI=1S/C18H17ClN4OS/c1-3-9-23-17(13-5-4-8-20-11-13)21-22-18(23)25-12-14-10-15(19)6-7-16(14)24-2/h3-8,10-11H,1,9,12H2,2H3. The number of benzene rings is 1. The molecule has 0 N–H and O–H groups in total. The minimum atomic E-state index is 0.617. The molecule has 0 saturated carbocycles. The lowest BCUT2D eigenvalue weighted by molar-refractivity contribution is 0.411. The van der Waals surface area contributed by atoms with Gasteiger partial charge in [-0.25, -0.2) is 0 Å². The van der Waals surface area contributed by atoms with E-state index in [9.17, 15) is 0 Å². The summed E-state index contributed by atoms with van der Waals surface area (Å²) < 4.78 is 7.42. The lowest BCUT2D eigenvalue weighted by atomic mass is 10.2. The molecule has 5 nitrogen and oxygen atoms in total. The van der Waals surface area contributed by atoms with Gasteiger partial charge in [0.1, 0.15) is 5.75 Å². The molecule has 0 aliphatic carbocycles. The molecule has 7 heteroatoms. The van der Waals surface area contributed by atoms with Crippen LogP contribution in [0.2, 0.25) is 5.02 Å². The molecule has 0 saturated heterocycles. The summed E-state index contributed by atoms with van der Waals surface area (Å²) in [7, 11) is 1.65. The molecule has 3 rings (SSSR count). The van der Waals surface area contributed by atoms with Crippen LogP contribution in [0.15, 0.2) is 60.5 Å². The molecule has 0 bridgehead atoms. The highest BCUT2D eigenvalue weighted by Crippen LogP contribution is 2.31. The highest BCUT2D eigenvalue weighted by atomic mass is 35.5. The molecule has 0 aliphatic rings. The third-order valence-electron chi connectivity index (χ3n) is 3.55. The molecule has 0 spiro atoms. The number of allylic oxidation sites excluding steroid dienone is 1. The number of hydrogen-bond donors (Lipinski definition) is 0. The molecule has 128 valence electrons. The fourth-order valence-electron chi connectivity index (χ4n) is 2.40. The second-order valence-electron chi connectivity index (χ2n) is 5.19. The van der Waals surface area contributed by atoms with Crippen LogP contribution in [0.3, 0.4) is 0 Å². The van der Waals surface area contributed by atoms with Gasteiger partial charge in [0.05, 0.1) is 7.11 Å². The van der Waals surface area contributed by atoms with E-state index in [1.165, 1.54) is 0 Å². The predicted molar refractivity (Wildman–Crippen MR) is 101 cm³/mol. The first-order valence-electron chi connectivity index (χ1n) is 7.62. The van der Waals surface area contributed by atoms with Gasteiger partial charge in [0.25, 0.3) is 0 Å². The van der Waals surface area contributed by atoms with Gasteiger partial charge in [-0.2, -0.15) is 0 Å². The van der Waals surface area contributed by atoms with Gasteiger partial charge >= 0.3 is 0 Å². The summed E-state index contributed by atoms with van der Waals surface area (Å²) in [5.41, 5.74) is 1.93. The highest BCUT2D eigenvalue weighted by molar-refractivity contribution is 7.98. The van der Waals surface area contributed by atoms with Crippen LogP contribution in [0.1, 0.15) is 5.56 Å². The Labute approximate surface area is 155 Å². The Bertz CT molecular complexity index is 867. The molecule has 0 amide bonds. The zero-order valence-corrected chi connectivity index (χ0v) is 15.3. The van der Waals surface area contributed by atoms with E-state index in [1.807, 2.05) is 41.0 Å². The molecule has 0 fully saturated rings. The molecule has 0 radical (unpaired) electrons. The molecule has 1 aromatic carbocycles. The molecule has 25 heavy (non-hydrogen) atoms. The van der Waals surface area contributed by atoms with E-state index >= 15 is 0 Å². The van der Waals surface area contributed by atoms with Crippen molar-refractivity contribution in [2.45, 2.75) is 17.5 Å². The Hall–Kier alpha value is -2.31. The zero-order valence-electron chi connectivity index (χ0n) is 13.7. The average Bonchev–Trinajstić information content (AvgIpc) is 3.04. The van der Waals surface area contributed by atoms with Crippen LogP contribution in [0.25, 0.3) is 11.4 Å². The van der Waals surface area contributed by atoms with Crippen molar-refractivity contribution in [2.75, 3.05) is 7.11 Å². The van der Waals surface area contributed by atoms with E-state index in [2.05, 4.69) is 21.8 Å². The van der Waals surface area contributed by atoms with E-state index < -0.39 is 0 Å². The zero-order chi connectivity index (χ0) is 17.6. The third kappa shape index (κ3) is 4.03. The van der Waals surface area contributed by atoms with Crippen molar-refractivity contribution in [3.8, 4) is 17.1 Å². The summed E-state index contributed by atoms with van der Waals surface area (Å²) in [6.07, 6.45) is 5.34. The maximum atomic E-state index is 6.10. The van der Waals surface area contributed by atoms with E-state index in [0.717, 1.165) is 27.9 Å². The van der Waals surface area contributed by atoms with Crippen molar-refractivity contribution in [3.63, 3.8) is 0 Å². The van der Waals surface area contributed by atoms with Crippen molar-refractivity contribution in [1.29, 1.82) is 0 Å². The molecule has 0 atom stereocenters. The van der Waals surface area contributed by atoms with Gasteiger partial charge < -0.3 is 4.74 Å². The van der Waals surface area contributed by atoms with Gasteiger partial charge in [0, 0.05) is 40.8 Å². The van der Waals surface area contributed by atoms with Crippen LogP contribution >= 0.6 is 23.4 Å². The SMILES string of the molecule is C=CCn1c(SCc2cc(Cl)ccc2OC)nnc1-c1cccnc1. The van der Waals surface area contributed by atoms with Gasteiger partial charge in [-0.15, -0.1) is 16.8 Å². The first kappa shape index (κ1) is 17.5. The fourth-order valence-corrected chi connectivity index (χ4v) is 3.52.